The highest BCUT2D eigenvalue weighted by Gasteiger charge is 2.55. The molecule has 0 nitrogen and oxygen atoms in total. The van der Waals surface area contributed by atoms with Gasteiger partial charge in [0.2, 0.25) is 0 Å². The molecule has 0 aromatic rings. The maximum Gasteiger partial charge on any atom is -0.0269 e. The lowest BCUT2D eigenvalue weighted by atomic mass is 9.54. The van der Waals surface area contributed by atoms with E-state index in [-0.39, 0.29) is 0 Å². The Labute approximate surface area is 70.4 Å². The Balaban J connectivity index is 2.10. The van der Waals surface area contributed by atoms with Gasteiger partial charge in [-0.25, -0.2) is 0 Å². The molecule has 0 spiro atoms. The van der Waals surface area contributed by atoms with Crippen LogP contribution in [0.3, 0.4) is 0 Å². The van der Waals surface area contributed by atoms with Gasteiger partial charge in [-0.1, -0.05) is 27.2 Å². The van der Waals surface area contributed by atoms with Gasteiger partial charge in [0.05, 0.1) is 0 Å². The first kappa shape index (κ1) is 7.64. The molecule has 2 saturated carbocycles. The Hall–Kier alpha value is 0. The Bertz CT molecular complexity index is 161. The zero-order valence-corrected chi connectivity index (χ0v) is 8.06. The summed E-state index contributed by atoms with van der Waals surface area (Å²) >= 11 is 0. The molecule has 2 rings (SSSR count). The van der Waals surface area contributed by atoms with Crippen LogP contribution in [0.2, 0.25) is 0 Å². The average Bonchev–Trinajstić information content (AvgIpc) is 2.26. The fourth-order valence-electron chi connectivity index (χ4n) is 3.47. The molecule has 4 unspecified atom stereocenters. The Morgan fingerprint density at radius 1 is 1.45 bits per heavy atom. The van der Waals surface area contributed by atoms with E-state index in [9.17, 15) is 0 Å². The maximum absolute atomic E-state index is 2.52. The molecule has 0 aliphatic heterocycles. The summed E-state index contributed by atoms with van der Waals surface area (Å²) in [4.78, 5) is 0. The lowest BCUT2D eigenvalue weighted by Crippen LogP contribution is -2.43. The molecular weight excluding hydrogens is 132 g/mol. The second kappa shape index (κ2) is 2.24. The van der Waals surface area contributed by atoms with Crippen LogP contribution in [0.1, 0.15) is 46.5 Å². The van der Waals surface area contributed by atoms with Gasteiger partial charge >= 0.3 is 0 Å². The summed E-state index contributed by atoms with van der Waals surface area (Å²) in [5, 5.41) is 0. The third-order valence-electron chi connectivity index (χ3n) is 4.73. The molecule has 0 heteroatoms. The minimum atomic E-state index is 0.765. The van der Waals surface area contributed by atoms with E-state index in [1.54, 1.807) is 0 Å². The van der Waals surface area contributed by atoms with Crippen molar-refractivity contribution in [3.05, 3.63) is 0 Å². The van der Waals surface area contributed by atoms with Crippen molar-refractivity contribution in [2.75, 3.05) is 0 Å². The second-order valence-corrected chi connectivity index (χ2v) is 4.96. The van der Waals surface area contributed by atoms with Crippen LogP contribution < -0.4 is 0 Å². The molecule has 0 radical (unpaired) electrons. The third-order valence-corrected chi connectivity index (χ3v) is 4.73. The van der Waals surface area contributed by atoms with Gasteiger partial charge in [0.25, 0.3) is 0 Å². The quantitative estimate of drug-likeness (QED) is 0.539. The van der Waals surface area contributed by atoms with Crippen LogP contribution in [0.15, 0.2) is 0 Å². The van der Waals surface area contributed by atoms with Gasteiger partial charge in [0.15, 0.2) is 0 Å². The summed E-state index contributed by atoms with van der Waals surface area (Å²) in [5.74, 6) is 3.20. The van der Waals surface area contributed by atoms with E-state index in [4.69, 9.17) is 0 Å². The molecule has 0 heterocycles. The van der Waals surface area contributed by atoms with Gasteiger partial charge in [-0.05, 0) is 42.4 Å². The molecule has 11 heavy (non-hydrogen) atoms. The zero-order valence-electron chi connectivity index (χ0n) is 8.06. The van der Waals surface area contributed by atoms with Crippen LogP contribution in [-0.4, -0.2) is 0 Å². The third kappa shape index (κ3) is 0.816. The predicted molar refractivity (Wildman–Crippen MR) is 48.4 cm³/mol. The number of rotatable bonds is 1. The van der Waals surface area contributed by atoms with E-state index >= 15 is 0 Å². The van der Waals surface area contributed by atoms with Crippen LogP contribution >= 0.6 is 0 Å². The lowest BCUT2D eigenvalue weighted by molar-refractivity contribution is -0.0172. The highest BCUT2D eigenvalue weighted by molar-refractivity contribution is 5.04. The van der Waals surface area contributed by atoms with Crippen molar-refractivity contribution in [3.63, 3.8) is 0 Å². The molecule has 0 bridgehead atoms. The molecule has 4 atom stereocenters. The standard InChI is InChI=1S/C11H20/c1-4-9-5-6-11(3)8(2)7-10(9)11/h8-10H,4-7H2,1-3H3. The molecule has 2 aliphatic carbocycles. The molecule has 0 amide bonds. The van der Waals surface area contributed by atoms with Crippen molar-refractivity contribution in [1.29, 1.82) is 0 Å². The summed E-state index contributed by atoms with van der Waals surface area (Å²) in [7, 11) is 0. The van der Waals surface area contributed by atoms with E-state index < -0.39 is 0 Å². The highest BCUT2D eigenvalue weighted by atomic mass is 14.6. The summed E-state index contributed by atoms with van der Waals surface area (Å²) in [6, 6.07) is 0. The smallest absolute Gasteiger partial charge is 0.0269 e. The molecule has 0 aromatic carbocycles. The van der Waals surface area contributed by atoms with E-state index in [0.29, 0.717) is 0 Å². The molecule has 2 fully saturated rings. The Morgan fingerprint density at radius 3 is 2.64 bits per heavy atom. The van der Waals surface area contributed by atoms with Crippen molar-refractivity contribution < 1.29 is 0 Å². The molecule has 0 saturated heterocycles. The SMILES string of the molecule is CCC1CCC2(C)C(C)CC12. The lowest BCUT2D eigenvalue weighted by Gasteiger charge is -2.51. The van der Waals surface area contributed by atoms with E-state index in [1.807, 2.05) is 0 Å². The molecule has 64 valence electrons. The minimum absolute atomic E-state index is 0.765. The summed E-state index contributed by atoms with van der Waals surface area (Å²) in [6.45, 7) is 7.31. The molecule has 0 N–H and O–H groups in total. The van der Waals surface area contributed by atoms with Gasteiger partial charge in [-0.3, -0.25) is 0 Å². The fraction of sp³-hybridized carbons (Fsp3) is 1.00. The van der Waals surface area contributed by atoms with Crippen LogP contribution in [0.4, 0.5) is 0 Å². The van der Waals surface area contributed by atoms with Gasteiger partial charge in [-0.2, -0.15) is 0 Å². The van der Waals surface area contributed by atoms with Crippen LogP contribution in [0.5, 0.6) is 0 Å². The summed E-state index contributed by atoms with van der Waals surface area (Å²) < 4.78 is 0. The van der Waals surface area contributed by atoms with Gasteiger partial charge in [-0.15, -0.1) is 0 Å². The van der Waals surface area contributed by atoms with E-state index in [1.165, 1.54) is 25.7 Å². The largest absolute Gasteiger partial charge is 0.0651 e. The van der Waals surface area contributed by atoms with Gasteiger partial charge < -0.3 is 0 Å². The summed E-state index contributed by atoms with van der Waals surface area (Å²) in [5.41, 5.74) is 0.765. The van der Waals surface area contributed by atoms with E-state index in [0.717, 1.165) is 23.2 Å². The normalized spacial score (nSPS) is 55.4. The minimum Gasteiger partial charge on any atom is -0.0651 e. The van der Waals surface area contributed by atoms with Gasteiger partial charge in [0.1, 0.15) is 0 Å². The number of hydrogen-bond donors (Lipinski definition) is 0. The van der Waals surface area contributed by atoms with Crippen molar-refractivity contribution in [2.45, 2.75) is 46.5 Å². The molecular formula is C11H20. The molecule has 0 aromatic heterocycles. The first-order chi connectivity index (χ1) is 5.18. The first-order valence-electron chi connectivity index (χ1n) is 5.18. The Kier molecular flexibility index (Phi) is 1.56. The van der Waals surface area contributed by atoms with Crippen molar-refractivity contribution in [2.24, 2.45) is 23.2 Å². The van der Waals surface area contributed by atoms with Crippen molar-refractivity contribution in [3.8, 4) is 0 Å². The zero-order chi connectivity index (χ0) is 8.06. The van der Waals surface area contributed by atoms with Gasteiger partial charge in [0, 0.05) is 0 Å². The van der Waals surface area contributed by atoms with Crippen molar-refractivity contribution >= 4 is 0 Å². The molecule has 2 aliphatic rings. The van der Waals surface area contributed by atoms with E-state index in [2.05, 4.69) is 20.8 Å². The number of fused-ring (bicyclic) bond motifs is 1. The second-order valence-electron chi connectivity index (χ2n) is 4.96. The number of hydrogen-bond acceptors (Lipinski definition) is 0. The monoisotopic (exact) mass is 152 g/mol. The van der Waals surface area contributed by atoms with Crippen LogP contribution in [0.25, 0.3) is 0 Å². The summed E-state index contributed by atoms with van der Waals surface area (Å²) in [6.07, 6.45) is 5.97. The first-order valence-corrected chi connectivity index (χ1v) is 5.18. The Morgan fingerprint density at radius 2 is 2.18 bits per heavy atom. The fourth-order valence-corrected chi connectivity index (χ4v) is 3.47. The maximum atomic E-state index is 2.52. The predicted octanol–water partition coefficient (Wildman–Crippen LogP) is 3.47. The van der Waals surface area contributed by atoms with Crippen LogP contribution in [-0.2, 0) is 0 Å². The van der Waals surface area contributed by atoms with Crippen LogP contribution in [0, 0.1) is 23.2 Å². The van der Waals surface area contributed by atoms with Crippen molar-refractivity contribution in [1.82, 2.24) is 0 Å². The topological polar surface area (TPSA) is 0 Å². The highest BCUT2D eigenvalue weighted by Crippen LogP contribution is 2.63. The average molecular weight is 152 g/mol.